The number of nitrogens with two attached hydrogens (primary N) is 1. The third kappa shape index (κ3) is 5.33. The van der Waals surface area contributed by atoms with E-state index in [-0.39, 0.29) is 48.9 Å². The van der Waals surface area contributed by atoms with Gasteiger partial charge >= 0.3 is 62.1 Å². The summed E-state index contributed by atoms with van der Waals surface area (Å²) in [5.74, 6) is 0. The molecule has 0 aliphatic rings. The molecule has 0 aromatic carbocycles. The minimum atomic E-state index is -4.60. The van der Waals surface area contributed by atoms with Gasteiger partial charge in [-0.3, -0.25) is 4.79 Å². The van der Waals surface area contributed by atoms with E-state index in [1.165, 1.54) is 0 Å². The molecule has 46 valence electrons. The SMILES string of the molecule is NC(=O)P(=O)(O)O.[BaH2]. The number of primary amides is 1. The van der Waals surface area contributed by atoms with Crippen LogP contribution in [0.4, 0.5) is 4.79 Å². The van der Waals surface area contributed by atoms with Gasteiger partial charge in [0.05, 0.1) is 0 Å². The maximum absolute atomic E-state index is 9.55. The predicted octanol–water partition coefficient (Wildman–Crippen LogP) is -1.67. The first kappa shape index (κ1) is 11.9. The molecule has 0 aromatic heterocycles. The summed E-state index contributed by atoms with van der Waals surface area (Å²) in [6.07, 6.45) is 0. The van der Waals surface area contributed by atoms with Crippen LogP contribution in [0.15, 0.2) is 0 Å². The first-order valence-corrected chi connectivity index (χ1v) is 2.91. The Bertz CT molecular complexity index is 128. The molecule has 0 aliphatic heterocycles. The molecule has 0 unspecified atom stereocenters. The molecular formula is CH6BaNO4P. The van der Waals surface area contributed by atoms with Crippen molar-refractivity contribution in [3.8, 4) is 0 Å². The average molecular weight is 264 g/mol. The van der Waals surface area contributed by atoms with Crippen molar-refractivity contribution in [2.45, 2.75) is 0 Å². The van der Waals surface area contributed by atoms with E-state index in [1.807, 2.05) is 0 Å². The molecule has 0 aromatic rings. The molecule has 0 spiro atoms. The van der Waals surface area contributed by atoms with Gasteiger partial charge in [-0.1, -0.05) is 0 Å². The van der Waals surface area contributed by atoms with E-state index in [9.17, 15) is 9.36 Å². The summed E-state index contributed by atoms with van der Waals surface area (Å²) in [6, 6.07) is 0. The van der Waals surface area contributed by atoms with Crippen LogP contribution in [-0.4, -0.2) is 64.3 Å². The summed E-state index contributed by atoms with van der Waals surface area (Å²) in [5, 5.41) is 0. The summed E-state index contributed by atoms with van der Waals surface area (Å²) in [6.45, 7) is 0. The number of rotatable bonds is 1. The first-order chi connectivity index (χ1) is 2.94. The van der Waals surface area contributed by atoms with Crippen molar-refractivity contribution in [2.24, 2.45) is 5.73 Å². The van der Waals surface area contributed by atoms with Crippen LogP contribution in [0.3, 0.4) is 0 Å². The maximum atomic E-state index is 9.55. The average Bonchev–Trinajstić information content (AvgIpc) is 1.31. The Hall–Kier alpha value is 1.19. The van der Waals surface area contributed by atoms with Crippen LogP contribution in [0.5, 0.6) is 0 Å². The van der Waals surface area contributed by atoms with Crippen molar-refractivity contribution in [1.29, 1.82) is 0 Å². The van der Waals surface area contributed by atoms with E-state index in [1.54, 1.807) is 0 Å². The Balaban J connectivity index is 0. The second kappa shape index (κ2) is 4.08. The molecule has 0 fully saturated rings. The summed E-state index contributed by atoms with van der Waals surface area (Å²) in [4.78, 5) is 24.9. The normalized spacial score (nSPS) is 9.75. The van der Waals surface area contributed by atoms with Crippen molar-refractivity contribution in [1.82, 2.24) is 0 Å². The van der Waals surface area contributed by atoms with Crippen molar-refractivity contribution < 1.29 is 19.1 Å². The summed E-state index contributed by atoms with van der Waals surface area (Å²) in [5.41, 5.74) is 2.58. The quantitative estimate of drug-likeness (QED) is 0.389. The molecule has 5 nitrogen and oxygen atoms in total. The summed E-state index contributed by atoms with van der Waals surface area (Å²) >= 11 is 0. The number of amides is 1. The van der Waals surface area contributed by atoms with Crippen molar-refractivity contribution >= 4 is 62.1 Å². The molecule has 0 bridgehead atoms. The van der Waals surface area contributed by atoms with Gasteiger partial charge in [0, 0.05) is 0 Å². The summed E-state index contributed by atoms with van der Waals surface area (Å²) < 4.78 is 9.55. The Morgan fingerprint density at radius 2 is 1.62 bits per heavy atom. The van der Waals surface area contributed by atoms with E-state index >= 15 is 0 Å². The number of hydrogen-bond donors (Lipinski definition) is 3. The predicted molar refractivity (Wildman–Crippen MR) is 30.2 cm³/mol. The van der Waals surface area contributed by atoms with Gasteiger partial charge in [0.15, 0.2) is 0 Å². The number of carbonyl (C=O) groups is 1. The summed E-state index contributed by atoms with van der Waals surface area (Å²) in [7, 11) is -4.60. The Labute approximate surface area is 85.9 Å². The van der Waals surface area contributed by atoms with Crippen LogP contribution in [0.25, 0.3) is 0 Å². The van der Waals surface area contributed by atoms with Crippen LogP contribution in [0.2, 0.25) is 0 Å². The molecule has 0 atom stereocenters. The Morgan fingerprint density at radius 3 is 1.62 bits per heavy atom. The fourth-order valence-electron chi connectivity index (χ4n) is 0. The van der Waals surface area contributed by atoms with Gasteiger partial charge in [-0.15, -0.1) is 0 Å². The Morgan fingerprint density at radius 1 is 1.50 bits per heavy atom. The molecule has 0 aliphatic carbocycles. The zero-order chi connectivity index (χ0) is 6.08. The van der Waals surface area contributed by atoms with Gasteiger partial charge in [0.25, 0.3) is 0 Å². The number of hydrogen-bond acceptors (Lipinski definition) is 2. The molecule has 4 N–H and O–H groups in total. The van der Waals surface area contributed by atoms with Crippen molar-refractivity contribution in [3.05, 3.63) is 0 Å². The fourth-order valence-corrected chi connectivity index (χ4v) is 0. The van der Waals surface area contributed by atoms with Gasteiger partial charge in [-0.25, -0.2) is 4.57 Å². The van der Waals surface area contributed by atoms with Gasteiger partial charge in [0.1, 0.15) is 0 Å². The van der Waals surface area contributed by atoms with Crippen LogP contribution >= 0.6 is 7.60 Å². The molecule has 8 heavy (non-hydrogen) atoms. The van der Waals surface area contributed by atoms with Gasteiger partial charge in [0.2, 0.25) is 0 Å². The topological polar surface area (TPSA) is 101 Å². The standard InChI is InChI=1S/CH4NO4P.Ba.2H/c2-1(3)7(4,5)6;;;/h(H2,2,3)(H2,4,5,6);;;. The molecule has 0 saturated heterocycles. The number of carbonyl (C=O) groups excluding carboxylic acids is 1. The van der Waals surface area contributed by atoms with E-state index in [4.69, 9.17) is 9.79 Å². The zero-order valence-corrected chi connectivity index (χ0v) is 4.13. The van der Waals surface area contributed by atoms with Gasteiger partial charge in [-0.2, -0.15) is 0 Å². The van der Waals surface area contributed by atoms with Crippen LogP contribution in [0, 0.1) is 0 Å². The minimum absolute atomic E-state index is 0. The zero-order valence-electron chi connectivity index (χ0n) is 3.24. The first-order valence-electron chi connectivity index (χ1n) is 1.30. The van der Waals surface area contributed by atoms with E-state index < -0.39 is 13.2 Å². The van der Waals surface area contributed by atoms with E-state index in [0.29, 0.717) is 0 Å². The van der Waals surface area contributed by atoms with Crippen LogP contribution in [0.1, 0.15) is 0 Å². The second-order valence-corrected chi connectivity index (χ2v) is 2.41. The fraction of sp³-hybridized carbons (Fsp3) is 0. The molecular weight excluding hydrogens is 258 g/mol. The van der Waals surface area contributed by atoms with Crippen LogP contribution in [-0.2, 0) is 4.57 Å². The molecule has 0 rings (SSSR count). The molecule has 0 saturated carbocycles. The van der Waals surface area contributed by atoms with Crippen LogP contribution < -0.4 is 5.73 Å². The molecule has 0 radical (unpaired) electrons. The van der Waals surface area contributed by atoms with E-state index in [2.05, 4.69) is 5.73 Å². The molecule has 7 heteroatoms. The third-order valence-corrected chi connectivity index (χ3v) is 0.861. The second-order valence-electron chi connectivity index (χ2n) is 0.882. The van der Waals surface area contributed by atoms with E-state index in [0.717, 1.165) is 0 Å². The van der Waals surface area contributed by atoms with Crippen molar-refractivity contribution in [3.63, 3.8) is 0 Å². The monoisotopic (exact) mass is 265 g/mol. The molecule has 0 heterocycles. The van der Waals surface area contributed by atoms with Gasteiger partial charge in [-0.05, 0) is 0 Å². The Kier molecular flexibility index (Phi) is 6.08. The van der Waals surface area contributed by atoms with Crippen molar-refractivity contribution in [2.75, 3.05) is 0 Å². The van der Waals surface area contributed by atoms with Gasteiger partial charge < -0.3 is 15.5 Å². The third-order valence-electron chi connectivity index (χ3n) is 0.287. The molecule has 1 amide bonds.